The Bertz CT molecular complexity index is 832. The lowest BCUT2D eigenvalue weighted by molar-refractivity contribution is 0.0720. The summed E-state index contributed by atoms with van der Waals surface area (Å²) >= 11 is 6.07. The predicted molar refractivity (Wildman–Crippen MR) is 123 cm³/mol. The number of rotatable bonds is 7. The summed E-state index contributed by atoms with van der Waals surface area (Å²) in [4.78, 5) is 2.55. The van der Waals surface area contributed by atoms with Crippen LogP contribution in [0.15, 0.2) is 36.4 Å². The number of fused-ring (bicyclic) bond motifs is 3. The molecule has 8 heteroatoms. The Morgan fingerprint density at radius 2 is 1.87 bits per heavy atom. The standard InChI is InChI=1S/C22H26ClFN2O2.2ClH/c1-27-22-10-15(12-25-20-13-26-8-6-16(20)7-9-26)2-5-21(22)28-14-17-3-4-18(24)11-19(17)23;;/h2-5,10-11,16,20,25H,6-9,12-14H2,1H3;2*1H. The van der Waals surface area contributed by atoms with Crippen molar-refractivity contribution in [1.82, 2.24) is 10.2 Å². The minimum absolute atomic E-state index is 0. The van der Waals surface area contributed by atoms with Crippen LogP contribution in [0.1, 0.15) is 24.0 Å². The first-order valence-electron chi connectivity index (χ1n) is 9.82. The van der Waals surface area contributed by atoms with Crippen LogP contribution in [-0.2, 0) is 13.2 Å². The van der Waals surface area contributed by atoms with E-state index in [4.69, 9.17) is 21.1 Å². The van der Waals surface area contributed by atoms with Gasteiger partial charge in [-0.1, -0.05) is 23.7 Å². The highest BCUT2D eigenvalue weighted by Gasteiger charge is 2.33. The molecule has 166 valence electrons. The van der Waals surface area contributed by atoms with Crippen molar-refractivity contribution in [1.29, 1.82) is 0 Å². The van der Waals surface area contributed by atoms with Crippen LogP contribution in [-0.4, -0.2) is 37.7 Å². The van der Waals surface area contributed by atoms with Crippen LogP contribution in [0.3, 0.4) is 0 Å². The van der Waals surface area contributed by atoms with Gasteiger partial charge in [-0.2, -0.15) is 0 Å². The molecular formula is C22H28Cl3FN2O2. The summed E-state index contributed by atoms with van der Waals surface area (Å²) in [6.07, 6.45) is 2.61. The Morgan fingerprint density at radius 3 is 2.50 bits per heavy atom. The zero-order valence-corrected chi connectivity index (χ0v) is 19.3. The number of nitrogens with one attached hydrogen (secondary N) is 1. The van der Waals surface area contributed by atoms with Crippen LogP contribution in [0.2, 0.25) is 5.02 Å². The molecular weight excluding hydrogens is 450 g/mol. The average molecular weight is 478 g/mol. The summed E-state index contributed by atoms with van der Waals surface area (Å²) in [7, 11) is 1.64. The number of piperidine rings is 3. The van der Waals surface area contributed by atoms with Crippen LogP contribution >= 0.6 is 36.4 Å². The number of hydrogen-bond donors (Lipinski definition) is 1. The fraction of sp³-hybridized carbons (Fsp3) is 0.455. The molecule has 3 heterocycles. The second-order valence-electron chi connectivity index (χ2n) is 7.64. The fourth-order valence-corrected chi connectivity index (χ4v) is 4.40. The molecule has 0 aliphatic carbocycles. The van der Waals surface area contributed by atoms with Crippen LogP contribution in [0.4, 0.5) is 4.39 Å². The predicted octanol–water partition coefficient (Wildman–Crippen LogP) is 5.09. The molecule has 0 aromatic heterocycles. The summed E-state index contributed by atoms with van der Waals surface area (Å²) in [5, 5.41) is 4.08. The van der Waals surface area contributed by atoms with Gasteiger partial charge in [-0.25, -0.2) is 4.39 Å². The largest absolute Gasteiger partial charge is 0.493 e. The number of benzene rings is 2. The Balaban J connectivity index is 0.00000160. The van der Waals surface area contributed by atoms with Gasteiger partial charge in [0.05, 0.1) is 12.1 Å². The quantitative estimate of drug-likeness (QED) is 0.602. The van der Waals surface area contributed by atoms with Gasteiger partial charge in [0.15, 0.2) is 11.5 Å². The van der Waals surface area contributed by atoms with E-state index in [0.29, 0.717) is 22.6 Å². The molecule has 1 unspecified atom stereocenters. The Hall–Kier alpha value is -1.24. The van der Waals surface area contributed by atoms with E-state index in [-0.39, 0.29) is 37.2 Å². The van der Waals surface area contributed by atoms with Crippen molar-refractivity contribution < 1.29 is 13.9 Å². The summed E-state index contributed by atoms with van der Waals surface area (Å²) in [5.41, 5.74) is 1.90. The fourth-order valence-electron chi connectivity index (χ4n) is 4.18. The monoisotopic (exact) mass is 476 g/mol. The minimum Gasteiger partial charge on any atom is -0.493 e. The van der Waals surface area contributed by atoms with E-state index in [1.807, 2.05) is 12.1 Å². The summed E-state index contributed by atoms with van der Waals surface area (Å²) in [6, 6.07) is 10.9. The maximum absolute atomic E-state index is 13.2. The molecule has 5 rings (SSSR count). The summed E-state index contributed by atoms with van der Waals surface area (Å²) in [5.74, 6) is 1.78. The number of halogens is 4. The van der Waals surface area contributed by atoms with Crippen LogP contribution in [0.25, 0.3) is 0 Å². The molecule has 30 heavy (non-hydrogen) atoms. The molecule has 3 aliphatic rings. The van der Waals surface area contributed by atoms with Crippen molar-refractivity contribution in [3.63, 3.8) is 0 Å². The first-order chi connectivity index (χ1) is 13.6. The van der Waals surface area contributed by atoms with Gasteiger partial charge in [-0.05, 0) is 61.7 Å². The summed E-state index contributed by atoms with van der Waals surface area (Å²) < 4.78 is 24.6. The molecule has 2 aromatic carbocycles. The third kappa shape index (κ3) is 5.92. The van der Waals surface area contributed by atoms with E-state index >= 15 is 0 Å². The third-order valence-corrected chi connectivity index (χ3v) is 6.20. The normalized spacial score (nSPS) is 22.0. The van der Waals surface area contributed by atoms with Gasteiger partial charge in [0, 0.05) is 24.7 Å². The van der Waals surface area contributed by atoms with E-state index in [0.717, 1.165) is 24.6 Å². The van der Waals surface area contributed by atoms with Crippen LogP contribution < -0.4 is 14.8 Å². The van der Waals surface area contributed by atoms with Crippen molar-refractivity contribution >= 4 is 36.4 Å². The SMILES string of the molecule is COc1cc(CNC2CN3CCC2CC3)ccc1OCc1ccc(F)cc1Cl.Cl.Cl. The average Bonchev–Trinajstić information content (AvgIpc) is 2.73. The molecule has 3 aliphatic heterocycles. The second-order valence-corrected chi connectivity index (χ2v) is 8.04. The van der Waals surface area contributed by atoms with Gasteiger partial charge in [-0.15, -0.1) is 24.8 Å². The summed E-state index contributed by atoms with van der Waals surface area (Å²) in [6.45, 7) is 4.73. The Morgan fingerprint density at radius 1 is 1.10 bits per heavy atom. The zero-order valence-electron chi connectivity index (χ0n) is 16.9. The van der Waals surface area contributed by atoms with E-state index in [2.05, 4.69) is 16.3 Å². The van der Waals surface area contributed by atoms with Crippen molar-refractivity contribution in [2.75, 3.05) is 26.7 Å². The number of ether oxygens (including phenoxy) is 2. The Labute approximate surface area is 194 Å². The molecule has 0 saturated carbocycles. The van der Waals surface area contributed by atoms with E-state index in [1.54, 1.807) is 13.2 Å². The number of hydrogen-bond acceptors (Lipinski definition) is 4. The third-order valence-electron chi connectivity index (χ3n) is 5.85. The van der Waals surface area contributed by atoms with Gasteiger partial charge in [-0.3, -0.25) is 0 Å². The highest BCUT2D eigenvalue weighted by Crippen LogP contribution is 2.31. The van der Waals surface area contributed by atoms with Gasteiger partial charge < -0.3 is 19.7 Å². The lowest BCUT2D eigenvalue weighted by Gasteiger charge is -2.45. The maximum Gasteiger partial charge on any atom is 0.161 e. The molecule has 3 fully saturated rings. The smallest absolute Gasteiger partial charge is 0.161 e. The van der Waals surface area contributed by atoms with E-state index in [1.165, 1.54) is 43.6 Å². The van der Waals surface area contributed by atoms with Gasteiger partial charge in [0.1, 0.15) is 12.4 Å². The lowest BCUT2D eigenvalue weighted by atomic mass is 9.84. The van der Waals surface area contributed by atoms with E-state index in [9.17, 15) is 4.39 Å². The molecule has 3 saturated heterocycles. The van der Waals surface area contributed by atoms with Crippen LogP contribution in [0.5, 0.6) is 11.5 Å². The molecule has 2 bridgehead atoms. The maximum atomic E-state index is 13.2. The van der Waals surface area contributed by atoms with E-state index < -0.39 is 0 Å². The molecule has 0 amide bonds. The molecule has 4 nitrogen and oxygen atoms in total. The molecule has 2 aromatic rings. The topological polar surface area (TPSA) is 33.7 Å². The van der Waals surface area contributed by atoms with Crippen LogP contribution in [0, 0.1) is 11.7 Å². The van der Waals surface area contributed by atoms with Gasteiger partial charge >= 0.3 is 0 Å². The molecule has 1 N–H and O–H groups in total. The van der Waals surface area contributed by atoms with Gasteiger partial charge in [0.2, 0.25) is 0 Å². The second kappa shape index (κ2) is 11.4. The molecule has 1 atom stereocenters. The Kier molecular flexibility index (Phi) is 9.51. The minimum atomic E-state index is -0.355. The molecule has 0 spiro atoms. The first kappa shape index (κ1) is 25.0. The zero-order chi connectivity index (χ0) is 19.5. The number of nitrogens with zero attached hydrogens (tertiary/aromatic N) is 1. The number of methoxy groups -OCH3 is 1. The van der Waals surface area contributed by atoms with Gasteiger partial charge in [0.25, 0.3) is 0 Å². The first-order valence-corrected chi connectivity index (χ1v) is 10.2. The lowest BCUT2D eigenvalue weighted by Crippen LogP contribution is -2.55. The highest BCUT2D eigenvalue weighted by atomic mass is 35.5. The van der Waals surface area contributed by atoms with Crippen molar-refractivity contribution in [3.8, 4) is 11.5 Å². The van der Waals surface area contributed by atoms with Crippen molar-refractivity contribution in [2.45, 2.75) is 32.0 Å². The van der Waals surface area contributed by atoms with Crippen molar-refractivity contribution in [2.24, 2.45) is 5.92 Å². The molecule has 0 radical (unpaired) electrons. The highest BCUT2D eigenvalue weighted by molar-refractivity contribution is 6.31. The van der Waals surface area contributed by atoms with Crippen molar-refractivity contribution in [3.05, 3.63) is 58.4 Å².